The van der Waals surface area contributed by atoms with Crippen molar-refractivity contribution in [3.05, 3.63) is 44.6 Å². The minimum atomic E-state index is -0.465. The Bertz CT molecular complexity index is 1250. The molecule has 1 amide bonds. The molecule has 2 aromatic heterocycles. The lowest BCUT2D eigenvalue weighted by Gasteiger charge is -2.19. The van der Waals surface area contributed by atoms with Gasteiger partial charge in [0.15, 0.2) is 17.5 Å². The predicted octanol–water partition coefficient (Wildman–Crippen LogP) is 3.79. The van der Waals surface area contributed by atoms with Crippen LogP contribution in [0.5, 0.6) is 5.75 Å². The number of carbonyl (C=O) groups excluding carboxylic acids is 2. The van der Waals surface area contributed by atoms with Gasteiger partial charge in [0.1, 0.15) is 10.6 Å². The number of benzene rings is 1. The van der Waals surface area contributed by atoms with Gasteiger partial charge in [0.25, 0.3) is 11.5 Å². The van der Waals surface area contributed by atoms with Crippen molar-refractivity contribution in [3.63, 3.8) is 0 Å². The van der Waals surface area contributed by atoms with Crippen molar-refractivity contribution in [3.8, 4) is 5.75 Å². The van der Waals surface area contributed by atoms with E-state index in [4.69, 9.17) is 9.72 Å². The number of Topliss-reactive ketones (excluding diaryl/α,β-unsaturated/α-hetero) is 1. The van der Waals surface area contributed by atoms with Gasteiger partial charge in [0.2, 0.25) is 0 Å². The van der Waals surface area contributed by atoms with Crippen molar-refractivity contribution in [2.45, 2.75) is 44.6 Å². The highest BCUT2D eigenvalue weighted by Gasteiger charge is 2.24. The average molecular weight is 444 g/mol. The number of hydrogen-bond acceptors (Lipinski definition) is 7. The Hall–Kier alpha value is -2.65. The van der Waals surface area contributed by atoms with Crippen LogP contribution in [0.25, 0.3) is 10.2 Å². The summed E-state index contributed by atoms with van der Waals surface area (Å²) in [6.07, 6.45) is 0. The molecular formula is C21H21N3O4S2. The first-order chi connectivity index (χ1) is 14.3. The first kappa shape index (κ1) is 20.6. The third-order valence-electron chi connectivity index (χ3n) is 5.12. The zero-order chi connectivity index (χ0) is 21.6. The summed E-state index contributed by atoms with van der Waals surface area (Å²) >= 11 is 2.77. The molecule has 0 fully saturated rings. The maximum absolute atomic E-state index is 13.0. The minimum Gasteiger partial charge on any atom is -0.482 e. The lowest BCUT2D eigenvalue weighted by molar-refractivity contribution is -0.118. The molecule has 1 atom stereocenters. The van der Waals surface area contributed by atoms with Crippen LogP contribution < -0.4 is 15.6 Å². The molecule has 0 radical (unpaired) electrons. The van der Waals surface area contributed by atoms with E-state index in [1.165, 1.54) is 23.1 Å². The molecule has 1 N–H and O–H groups in total. The van der Waals surface area contributed by atoms with E-state index < -0.39 is 5.25 Å². The second-order valence-electron chi connectivity index (χ2n) is 7.08. The predicted molar refractivity (Wildman–Crippen MR) is 119 cm³/mol. The largest absolute Gasteiger partial charge is 0.482 e. The topological polar surface area (TPSA) is 90.3 Å². The third-order valence-corrected chi connectivity index (χ3v) is 7.31. The van der Waals surface area contributed by atoms with Crippen LogP contribution in [0, 0.1) is 13.8 Å². The number of thioether (sulfide) groups is 1. The number of aryl methyl sites for hydroxylation is 2. The molecular weight excluding hydrogens is 422 g/mol. The molecule has 1 aliphatic rings. The van der Waals surface area contributed by atoms with Crippen LogP contribution in [0.2, 0.25) is 0 Å². The van der Waals surface area contributed by atoms with Gasteiger partial charge in [-0.1, -0.05) is 11.8 Å². The first-order valence-electron chi connectivity index (χ1n) is 9.58. The number of aromatic nitrogens is 2. The van der Waals surface area contributed by atoms with Crippen molar-refractivity contribution < 1.29 is 14.3 Å². The highest BCUT2D eigenvalue weighted by molar-refractivity contribution is 8.00. The molecule has 156 valence electrons. The fraction of sp³-hybridized carbons (Fsp3) is 0.333. The fourth-order valence-corrected chi connectivity index (χ4v) is 5.48. The molecule has 30 heavy (non-hydrogen) atoms. The summed E-state index contributed by atoms with van der Waals surface area (Å²) in [5.41, 5.74) is 1.85. The van der Waals surface area contributed by atoms with E-state index in [1.807, 2.05) is 20.8 Å². The lowest BCUT2D eigenvalue weighted by Crippen LogP contribution is -2.26. The van der Waals surface area contributed by atoms with Crippen LogP contribution in [0.4, 0.5) is 5.69 Å². The maximum Gasteiger partial charge on any atom is 0.263 e. The SMILES string of the molecule is CCn1c(SC(C)C(=O)c2ccc3c(c2)NC(=O)CO3)nc2sc(C)c(C)c2c1=O. The molecule has 0 saturated heterocycles. The molecule has 0 aliphatic carbocycles. The van der Waals surface area contributed by atoms with Crippen molar-refractivity contribution >= 4 is 50.7 Å². The molecule has 0 saturated carbocycles. The van der Waals surface area contributed by atoms with Crippen LogP contribution in [0.3, 0.4) is 0 Å². The van der Waals surface area contributed by atoms with Crippen LogP contribution in [-0.4, -0.2) is 33.1 Å². The number of fused-ring (bicyclic) bond motifs is 2. The van der Waals surface area contributed by atoms with E-state index in [0.717, 1.165) is 10.4 Å². The zero-order valence-corrected chi connectivity index (χ0v) is 18.7. The van der Waals surface area contributed by atoms with Gasteiger partial charge in [-0.15, -0.1) is 11.3 Å². The number of hydrogen-bond donors (Lipinski definition) is 1. The minimum absolute atomic E-state index is 0.0308. The quantitative estimate of drug-likeness (QED) is 0.367. The Kier molecular flexibility index (Phi) is 5.42. The fourth-order valence-electron chi connectivity index (χ4n) is 3.36. The molecule has 1 aromatic carbocycles. The van der Waals surface area contributed by atoms with Gasteiger partial charge in [-0.3, -0.25) is 19.0 Å². The van der Waals surface area contributed by atoms with E-state index in [9.17, 15) is 14.4 Å². The molecule has 7 nitrogen and oxygen atoms in total. The van der Waals surface area contributed by atoms with E-state index in [2.05, 4.69) is 5.32 Å². The van der Waals surface area contributed by atoms with Gasteiger partial charge >= 0.3 is 0 Å². The van der Waals surface area contributed by atoms with Crippen molar-refractivity contribution in [1.29, 1.82) is 0 Å². The maximum atomic E-state index is 13.0. The highest BCUT2D eigenvalue weighted by Crippen LogP contribution is 2.32. The summed E-state index contributed by atoms with van der Waals surface area (Å²) in [5.74, 6) is 0.181. The average Bonchev–Trinajstić information content (AvgIpc) is 3.00. The molecule has 0 spiro atoms. The van der Waals surface area contributed by atoms with Crippen LogP contribution >= 0.6 is 23.1 Å². The first-order valence-corrected chi connectivity index (χ1v) is 11.3. The van der Waals surface area contributed by atoms with E-state index in [-0.39, 0.29) is 23.9 Å². The van der Waals surface area contributed by atoms with E-state index >= 15 is 0 Å². The smallest absolute Gasteiger partial charge is 0.263 e. The molecule has 1 aliphatic heterocycles. The van der Waals surface area contributed by atoms with Gasteiger partial charge in [-0.25, -0.2) is 4.98 Å². The van der Waals surface area contributed by atoms with Gasteiger partial charge in [0, 0.05) is 17.0 Å². The number of ether oxygens (including phenoxy) is 1. The van der Waals surface area contributed by atoms with Crippen LogP contribution in [0.15, 0.2) is 28.2 Å². The normalized spacial score (nSPS) is 14.2. The lowest BCUT2D eigenvalue weighted by atomic mass is 10.1. The highest BCUT2D eigenvalue weighted by atomic mass is 32.2. The summed E-state index contributed by atoms with van der Waals surface area (Å²) in [4.78, 5) is 44.1. The second kappa shape index (κ2) is 7.88. The number of thiophene rings is 1. The number of carbonyl (C=O) groups is 2. The number of rotatable bonds is 5. The van der Waals surface area contributed by atoms with Crippen molar-refractivity contribution in [1.82, 2.24) is 9.55 Å². The number of amides is 1. The molecule has 3 heterocycles. The molecule has 0 bridgehead atoms. The summed E-state index contributed by atoms with van der Waals surface area (Å²) in [6.45, 7) is 8.05. The zero-order valence-electron chi connectivity index (χ0n) is 17.1. The number of nitrogens with one attached hydrogen (secondary N) is 1. The molecule has 1 unspecified atom stereocenters. The molecule has 9 heteroatoms. The second-order valence-corrected chi connectivity index (χ2v) is 9.59. The van der Waals surface area contributed by atoms with Crippen LogP contribution in [-0.2, 0) is 11.3 Å². The Morgan fingerprint density at radius 1 is 1.37 bits per heavy atom. The van der Waals surface area contributed by atoms with Crippen molar-refractivity contribution in [2.75, 3.05) is 11.9 Å². The number of ketones is 1. The standard InChI is InChI=1S/C21H21N3O4S2/c1-5-24-20(27)17-10(2)11(3)29-19(17)23-21(24)30-12(4)18(26)13-6-7-15-14(8-13)22-16(25)9-28-15/h6-8,12H,5,9H2,1-4H3,(H,22,25). The number of nitrogens with zero attached hydrogens (tertiary/aromatic N) is 2. The van der Waals surface area contributed by atoms with Gasteiger partial charge in [-0.05, 0) is 51.5 Å². The summed E-state index contributed by atoms with van der Waals surface area (Å²) in [5, 5.41) is 3.45. The summed E-state index contributed by atoms with van der Waals surface area (Å²) in [6, 6.07) is 5.00. The molecule has 4 rings (SSSR count). The Balaban J connectivity index is 1.65. The van der Waals surface area contributed by atoms with Gasteiger partial charge in [0.05, 0.1) is 16.3 Å². The number of anilines is 1. The Morgan fingerprint density at radius 2 is 2.13 bits per heavy atom. The monoisotopic (exact) mass is 443 g/mol. The summed E-state index contributed by atoms with van der Waals surface area (Å²) in [7, 11) is 0. The van der Waals surface area contributed by atoms with Gasteiger partial charge < -0.3 is 10.1 Å². The van der Waals surface area contributed by atoms with Crippen LogP contribution in [0.1, 0.15) is 34.6 Å². The van der Waals surface area contributed by atoms with Crippen molar-refractivity contribution in [2.24, 2.45) is 0 Å². The van der Waals surface area contributed by atoms with Gasteiger partial charge in [-0.2, -0.15) is 0 Å². The Labute approximate surface area is 181 Å². The van der Waals surface area contributed by atoms with E-state index in [1.54, 1.807) is 29.7 Å². The summed E-state index contributed by atoms with van der Waals surface area (Å²) < 4.78 is 6.97. The van der Waals surface area contributed by atoms with E-state index in [0.29, 0.717) is 38.9 Å². The third kappa shape index (κ3) is 3.52. The molecule has 3 aromatic rings. The Morgan fingerprint density at radius 3 is 2.87 bits per heavy atom.